The Labute approximate surface area is 104 Å². The molecule has 5 heteroatoms. The highest BCUT2D eigenvalue weighted by Gasteiger charge is 2.15. The highest BCUT2D eigenvalue weighted by molar-refractivity contribution is 7.99. The van der Waals surface area contributed by atoms with Crippen molar-refractivity contribution in [2.75, 3.05) is 22.6 Å². The molecule has 1 aliphatic rings. The number of anilines is 2. The van der Waals surface area contributed by atoms with Crippen LogP contribution in [-0.2, 0) is 0 Å². The number of nitrogens with zero attached hydrogens (tertiary/aromatic N) is 1. The van der Waals surface area contributed by atoms with Crippen molar-refractivity contribution in [3.05, 3.63) is 18.2 Å². The molecule has 0 atom stereocenters. The topological polar surface area (TPSA) is 64.1 Å². The van der Waals surface area contributed by atoms with Crippen molar-refractivity contribution in [2.45, 2.75) is 18.9 Å². The van der Waals surface area contributed by atoms with Crippen LogP contribution in [0.1, 0.15) is 12.8 Å². The van der Waals surface area contributed by atoms with Crippen LogP contribution < -0.4 is 11.1 Å². The normalized spacial score (nSPS) is 17.4. The Bertz CT molecular complexity index is 519. The molecule has 0 saturated carbocycles. The summed E-state index contributed by atoms with van der Waals surface area (Å²) in [5, 5.41) is 3.36. The van der Waals surface area contributed by atoms with E-state index in [-0.39, 0.29) is 0 Å². The van der Waals surface area contributed by atoms with Gasteiger partial charge >= 0.3 is 0 Å². The minimum absolute atomic E-state index is 0.488. The average molecular weight is 249 g/mol. The molecule has 2 heterocycles. The van der Waals surface area contributed by atoms with E-state index in [1.165, 1.54) is 24.3 Å². The summed E-state index contributed by atoms with van der Waals surface area (Å²) in [6, 6.07) is 6.63. The maximum Gasteiger partial charge on any atom is 0.295 e. The first-order valence-corrected chi connectivity index (χ1v) is 6.97. The number of nitrogens with two attached hydrogens (primary N) is 1. The van der Waals surface area contributed by atoms with E-state index in [9.17, 15) is 0 Å². The Balaban J connectivity index is 1.80. The number of fused-ring (bicyclic) bond motifs is 1. The van der Waals surface area contributed by atoms with Gasteiger partial charge in [-0.25, -0.2) is 0 Å². The number of nitrogens with one attached hydrogen (secondary N) is 1. The molecule has 17 heavy (non-hydrogen) atoms. The molecule has 3 N–H and O–H groups in total. The Morgan fingerprint density at radius 1 is 1.35 bits per heavy atom. The first kappa shape index (κ1) is 10.8. The van der Waals surface area contributed by atoms with Gasteiger partial charge in [0, 0.05) is 17.8 Å². The number of nitrogen functional groups attached to an aromatic ring is 1. The molecule has 0 bridgehead atoms. The van der Waals surface area contributed by atoms with Crippen molar-refractivity contribution in [1.82, 2.24) is 4.98 Å². The molecule has 90 valence electrons. The van der Waals surface area contributed by atoms with Crippen LogP contribution in [0.4, 0.5) is 11.7 Å². The van der Waals surface area contributed by atoms with Crippen molar-refractivity contribution in [3.63, 3.8) is 0 Å². The van der Waals surface area contributed by atoms with Crippen LogP contribution in [0.3, 0.4) is 0 Å². The first-order chi connectivity index (χ1) is 8.31. The van der Waals surface area contributed by atoms with Gasteiger partial charge in [-0.05, 0) is 36.5 Å². The largest absolute Gasteiger partial charge is 0.423 e. The highest BCUT2D eigenvalue weighted by Crippen LogP contribution is 2.24. The molecule has 0 amide bonds. The van der Waals surface area contributed by atoms with E-state index in [2.05, 4.69) is 10.3 Å². The summed E-state index contributed by atoms with van der Waals surface area (Å²) in [4.78, 5) is 4.41. The molecule has 1 aliphatic heterocycles. The van der Waals surface area contributed by atoms with E-state index in [1.54, 1.807) is 0 Å². The van der Waals surface area contributed by atoms with Gasteiger partial charge in [-0.3, -0.25) is 0 Å². The molecule has 1 saturated heterocycles. The van der Waals surface area contributed by atoms with Gasteiger partial charge in [-0.2, -0.15) is 16.7 Å². The average Bonchev–Trinajstić information content (AvgIpc) is 2.71. The second kappa shape index (κ2) is 4.49. The molecule has 1 aromatic carbocycles. The molecular weight excluding hydrogens is 234 g/mol. The van der Waals surface area contributed by atoms with E-state index in [1.807, 2.05) is 30.0 Å². The van der Waals surface area contributed by atoms with Crippen molar-refractivity contribution in [2.24, 2.45) is 0 Å². The number of hydrogen-bond acceptors (Lipinski definition) is 5. The third-order valence-corrected chi connectivity index (χ3v) is 4.01. The second-order valence-electron chi connectivity index (χ2n) is 4.28. The van der Waals surface area contributed by atoms with Crippen molar-refractivity contribution >= 4 is 34.6 Å². The second-order valence-corrected chi connectivity index (χ2v) is 5.50. The zero-order valence-corrected chi connectivity index (χ0v) is 10.3. The van der Waals surface area contributed by atoms with E-state index >= 15 is 0 Å². The highest BCUT2D eigenvalue weighted by atomic mass is 32.2. The fraction of sp³-hybridized carbons (Fsp3) is 0.417. The summed E-state index contributed by atoms with van der Waals surface area (Å²) < 4.78 is 5.64. The van der Waals surface area contributed by atoms with Crippen LogP contribution in [0.25, 0.3) is 11.1 Å². The molecule has 0 unspecified atom stereocenters. The lowest BCUT2D eigenvalue weighted by Crippen LogP contribution is -2.24. The summed E-state index contributed by atoms with van der Waals surface area (Å²) in [6.45, 7) is 0. The fourth-order valence-corrected chi connectivity index (χ4v) is 3.13. The van der Waals surface area contributed by atoms with Gasteiger partial charge < -0.3 is 15.5 Å². The number of rotatable bonds is 2. The minimum atomic E-state index is 0.488. The van der Waals surface area contributed by atoms with Crippen molar-refractivity contribution < 1.29 is 4.42 Å². The van der Waals surface area contributed by atoms with Crippen LogP contribution in [0.5, 0.6) is 0 Å². The maximum atomic E-state index is 5.71. The van der Waals surface area contributed by atoms with Crippen molar-refractivity contribution in [1.29, 1.82) is 0 Å². The van der Waals surface area contributed by atoms with Crippen molar-refractivity contribution in [3.8, 4) is 0 Å². The minimum Gasteiger partial charge on any atom is -0.423 e. The quantitative estimate of drug-likeness (QED) is 0.801. The van der Waals surface area contributed by atoms with Crippen LogP contribution in [0.15, 0.2) is 22.6 Å². The molecule has 2 aromatic rings. The molecule has 0 radical (unpaired) electrons. The van der Waals surface area contributed by atoms with Crippen LogP contribution in [-0.4, -0.2) is 22.5 Å². The lowest BCUT2D eigenvalue weighted by atomic mass is 10.2. The van der Waals surface area contributed by atoms with Gasteiger partial charge in [0.15, 0.2) is 5.58 Å². The predicted molar refractivity (Wildman–Crippen MR) is 72.4 cm³/mol. The third-order valence-electron chi connectivity index (χ3n) is 2.96. The third kappa shape index (κ3) is 2.34. The standard InChI is InChI=1S/C12H15N3OS/c13-8-1-2-10-11(7-8)16-12(15-10)14-9-3-5-17-6-4-9/h1-2,7,9H,3-6,13H2,(H,14,15). The van der Waals surface area contributed by atoms with Gasteiger partial charge in [0.25, 0.3) is 6.01 Å². The zero-order chi connectivity index (χ0) is 11.7. The van der Waals surface area contributed by atoms with Gasteiger partial charge in [-0.1, -0.05) is 0 Å². The van der Waals surface area contributed by atoms with Gasteiger partial charge in [0.2, 0.25) is 0 Å². The zero-order valence-electron chi connectivity index (χ0n) is 9.48. The van der Waals surface area contributed by atoms with E-state index in [4.69, 9.17) is 10.2 Å². The Morgan fingerprint density at radius 2 is 2.18 bits per heavy atom. The number of thioether (sulfide) groups is 1. The van der Waals surface area contributed by atoms with E-state index in [0.717, 1.165) is 11.1 Å². The molecule has 0 spiro atoms. The summed E-state index contributed by atoms with van der Waals surface area (Å²) in [5.74, 6) is 2.43. The van der Waals surface area contributed by atoms with Gasteiger partial charge in [0.1, 0.15) is 5.52 Å². The molecule has 1 fully saturated rings. The lowest BCUT2D eigenvalue weighted by Gasteiger charge is -2.21. The Hall–Kier alpha value is -1.36. The molecular formula is C12H15N3OS. The summed E-state index contributed by atoms with van der Waals surface area (Å²) in [7, 11) is 0. The van der Waals surface area contributed by atoms with Gasteiger partial charge in [-0.15, -0.1) is 0 Å². The maximum absolute atomic E-state index is 5.71. The summed E-state index contributed by atoms with van der Waals surface area (Å²) in [5.41, 5.74) is 8.01. The van der Waals surface area contributed by atoms with E-state index in [0.29, 0.717) is 17.7 Å². The summed E-state index contributed by atoms with van der Waals surface area (Å²) >= 11 is 2.01. The Kier molecular flexibility index (Phi) is 2.84. The number of aromatic nitrogens is 1. The SMILES string of the molecule is Nc1ccc2nc(NC3CCSCC3)oc2c1. The first-order valence-electron chi connectivity index (χ1n) is 5.81. The molecule has 0 aliphatic carbocycles. The smallest absolute Gasteiger partial charge is 0.295 e. The molecule has 1 aromatic heterocycles. The molecule has 4 nitrogen and oxygen atoms in total. The molecule has 3 rings (SSSR count). The number of benzene rings is 1. The summed E-state index contributed by atoms with van der Waals surface area (Å²) in [6.07, 6.45) is 2.34. The number of hydrogen-bond donors (Lipinski definition) is 2. The predicted octanol–water partition coefficient (Wildman–Crippen LogP) is 2.72. The lowest BCUT2D eigenvalue weighted by molar-refractivity contribution is 0.577. The Morgan fingerprint density at radius 3 is 3.00 bits per heavy atom. The van der Waals surface area contributed by atoms with Crippen LogP contribution in [0.2, 0.25) is 0 Å². The fourth-order valence-electron chi connectivity index (χ4n) is 2.02. The number of oxazole rings is 1. The monoisotopic (exact) mass is 249 g/mol. The van der Waals surface area contributed by atoms with Crippen LogP contribution >= 0.6 is 11.8 Å². The van der Waals surface area contributed by atoms with E-state index < -0.39 is 0 Å². The van der Waals surface area contributed by atoms with Crippen LogP contribution in [0, 0.1) is 0 Å². The van der Waals surface area contributed by atoms with Gasteiger partial charge in [0.05, 0.1) is 0 Å².